The van der Waals surface area contributed by atoms with Crippen LogP contribution in [0.5, 0.6) is 0 Å². The van der Waals surface area contributed by atoms with Crippen LogP contribution in [0.4, 0.5) is 0 Å². The van der Waals surface area contributed by atoms with Crippen LogP contribution < -0.4 is 0 Å². The molecule has 0 amide bonds. The molecule has 0 unspecified atom stereocenters. The Labute approximate surface area is 510 Å². The third kappa shape index (κ3) is 11.4. The normalized spacial score (nSPS) is 55.5. The minimum atomic E-state index is -2.14. The van der Waals surface area contributed by atoms with E-state index in [2.05, 4.69) is 47.6 Å². The summed E-state index contributed by atoms with van der Waals surface area (Å²) >= 11 is 0. The molecule has 35 atom stereocenters. The highest BCUT2D eigenvalue weighted by atomic mass is 16.8. The van der Waals surface area contributed by atoms with E-state index >= 15 is 0 Å². The predicted molar refractivity (Wildman–Crippen MR) is 296 cm³/mol. The van der Waals surface area contributed by atoms with E-state index in [0.29, 0.717) is 38.5 Å². The number of carboxylic acids is 1. The summed E-state index contributed by atoms with van der Waals surface area (Å²) in [7, 11) is 0. The fourth-order valence-electron chi connectivity index (χ4n) is 18.1. The van der Waals surface area contributed by atoms with Crippen molar-refractivity contribution in [3.8, 4) is 0 Å². The van der Waals surface area contributed by atoms with Crippen LogP contribution in [0.15, 0.2) is 11.6 Å². The van der Waals surface area contributed by atoms with Gasteiger partial charge in [0.1, 0.15) is 110 Å². The number of rotatable bonds is 15. The minimum Gasteiger partial charge on any atom is -0.479 e. The number of aliphatic hydroxyl groups excluding tert-OH is 16. The van der Waals surface area contributed by atoms with E-state index in [1.54, 1.807) is 0 Å². The standard InChI is InChI=1S/C60H98O28/c1-23-33(65)37(69)43(75)50(79-23)86-47-40(72)36(68)28(21-63)82-53(47)88-48-42(74)41(73)45(49(77)78)85-54(48)83-31-12-13-57(5)29(58(31,6)22-64)11-14-60(8)30(57)10-9-24-25-17-55(2,3)18-32(56(25,4)15-16-59(24,60)7)84-52-46(39(71)35(67)27(20-62)81-52)87-51-44(76)38(70)34(66)26(19-61)80-51/h9,23,25-48,50-54,61-76H,10-22H2,1-8H3,(H,77,78)/t23-,25-,26+,27+,28+,29+,30+,31-,32+,33-,34+,35+,36-,37+,38-,39-,40-,41-,42-,43+,44+,45-,46+,47+,48+,50-,51-,52-,53-,54+,56+,57-,58+,59+,60+/m0/s1. The zero-order chi connectivity index (χ0) is 64.4. The van der Waals surface area contributed by atoms with Crippen molar-refractivity contribution in [1.82, 2.24) is 0 Å². The molecule has 9 fully saturated rings. The molecule has 4 saturated carbocycles. The summed E-state index contributed by atoms with van der Waals surface area (Å²) in [6.07, 6.45) is -36.7. The van der Waals surface area contributed by atoms with E-state index < -0.39 is 214 Å². The van der Waals surface area contributed by atoms with Gasteiger partial charge in [-0.1, -0.05) is 60.1 Å². The van der Waals surface area contributed by atoms with Crippen molar-refractivity contribution in [1.29, 1.82) is 0 Å². The zero-order valence-corrected chi connectivity index (χ0v) is 51.2. The Morgan fingerprint density at radius 3 is 1.51 bits per heavy atom. The Hall–Kier alpha value is -1.83. The lowest BCUT2D eigenvalue weighted by molar-refractivity contribution is -0.396. The van der Waals surface area contributed by atoms with Gasteiger partial charge in [-0.05, 0) is 104 Å². The molecule has 5 aliphatic heterocycles. The van der Waals surface area contributed by atoms with Crippen molar-refractivity contribution >= 4 is 5.97 Å². The Balaban J connectivity index is 0.905. The average molecular weight is 1270 g/mol. The maximum absolute atomic E-state index is 12.7. The molecule has 88 heavy (non-hydrogen) atoms. The SMILES string of the molecule is C[C@@H]1O[C@@H](O[C@H]2[C@H](O[C@H]3[C@H](O[C@H]4CC[C@@]5(C)[C@@H](CC[C@]6(C)[C@@H]5CC=C5[C@@H]7CC(C)(C)C[C@@H](O[C@@H]8O[C@H](CO)[C@@H](O)[C@H](O)[C@H]8O[C@@H]8O[C@H](CO)[C@@H](O)[C@H](O)[C@H]8O)[C@]7(C)CC[C@]56C)[C@@]4(C)CO)O[C@H](C(=O)O)[C@@H](O)[C@@H]3O)O[C@H](CO)[C@H](O)[C@@H]2O)[C@H](O)[C@H](O)[C@H]1O. The second kappa shape index (κ2) is 25.4. The lowest BCUT2D eigenvalue weighted by Gasteiger charge is -2.72. The Bertz CT molecular complexity index is 2460. The molecular formula is C60H98O28. The number of aliphatic hydroxyl groups is 16. The first-order chi connectivity index (χ1) is 41.2. The molecule has 0 aromatic rings. The molecule has 506 valence electrons. The van der Waals surface area contributed by atoms with Crippen molar-refractivity contribution < 1.29 is 139 Å². The molecule has 10 rings (SSSR count). The number of fused-ring (bicyclic) bond motifs is 7. The zero-order valence-electron chi connectivity index (χ0n) is 51.2. The summed E-state index contributed by atoms with van der Waals surface area (Å²) < 4.78 is 61.4. The largest absolute Gasteiger partial charge is 0.479 e. The van der Waals surface area contributed by atoms with Gasteiger partial charge in [-0.15, -0.1) is 0 Å². The molecule has 28 heteroatoms. The van der Waals surface area contributed by atoms with Gasteiger partial charge in [0.2, 0.25) is 0 Å². The van der Waals surface area contributed by atoms with Crippen LogP contribution in [0.1, 0.15) is 113 Å². The van der Waals surface area contributed by atoms with Gasteiger partial charge in [-0.3, -0.25) is 0 Å². The van der Waals surface area contributed by atoms with E-state index in [0.717, 1.165) is 19.3 Å². The Kier molecular flexibility index (Phi) is 19.9. The van der Waals surface area contributed by atoms with Crippen molar-refractivity contribution in [2.24, 2.45) is 50.2 Å². The summed E-state index contributed by atoms with van der Waals surface area (Å²) in [4.78, 5) is 12.7. The van der Waals surface area contributed by atoms with Crippen molar-refractivity contribution in [3.05, 3.63) is 11.6 Å². The number of hydrogen-bond donors (Lipinski definition) is 17. The topological polar surface area (TPSA) is 453 Å². The third-order valence-electron chi connectivity index (χ3n) is 23.7. The lowest BCUT2D eigenvalue weighted by atomic mass is 9.33. The maximum atomic E-state index is 12.7. The van der Waals surface area contributed by atoms with Gasteiger partial charge in [0, 0.05) is 10.8 Å². The molecule has 0 radical (unpaired) electrons. The van der Waals surface area contributed by atoms with Gasteiger partial charge < -0.3 is 134 Å². The average Bonchev–Trinajstić information content (AvgIpc) is 0.678. The molecule has 10 aliphatic rings. The van der Waals surface area contributed by atoms with E-state index in [9.17, 15) is 91.6 Å². The summed E-state index contributed by atoms with van der Waals surface area (Å²) in [6.45, 7) is 14.1. The van der Waals surface area contributed by atoms with E-state index in [1.807, 2.05) is 6.92 Å². The minimum absolute atomic E-state index is 0.0385. The molecule has 5 saturated heterocycles. The number of aliphatic carboxylic acids is 1. The number of carboxylic acid groups (broad SMARTS) is 1. The maximum Gasteiger partial charge on any atom is 0.335 e. The van der Waals surface area contributed by atoms with Crippen LogP contribution in [-0.4, -0.2) is 285 Å². The van der Waals surface area contributed by atoms with Gasteiger partial charge in [-0.2, -0.15) is 0 Å². The van der Waals surface area contributed by atoms with E-state index in [-0.39, 0.29) is 34.0 Å². The highest BCUT2D eigenvalue weighted by Crippen LogP contribution is 2.76. The molecule has 17 N–H and O–H groups in total. The predicted octanol–water partition coefficient (Wildman–Crippen LogP) is -3.65. The Morgan fingerprint density at radius 2 is 0.966 bits per heavy atom. The van der Waals surface area contributed by atoms with Gasteiger partial charge >= 0.3 is 5.97 Å². The molecule has 0 bridgehead atoms. The van der Waals surface area contributed by atoms with Gasteiger partial charge in [-0.25, -0.2) is 4.79 Å². The number of carbonyl (C=O) groups is 1. The fraction of sp³-hybridized carbons (Fsp3) is 0.950. The van der Waals surface area contributed by atoms with E-state index in [4.69, 9.17) is 47.4 Å². The Morgan fingerprint density at radius 1 is 0.489 bits per heavy atom. The van der Waals surface area contributed by atoms with E-state index in [1.165, 1.54) is 12.5 Å². The van der Waals surface area contributed by atoms with Crippen LogP contribution in [0.25, 0.3) is 0 Å². The van der Waals surface area contributed by atoms with Gasteiger partial charge in [0.05, 0.1) is 44.7 Å². The number of ether oxygens (including phenoxy) is 10. The highest BCUT2D eigenvalue weighted by Gasteiger charge is 2.71. The van der Waals surface area contributed by atoms with Crippen molar-refractivity contribution in [2.45, 2.75) is 279 Å². The third-order valence-corrected chi connectivity index (χ3v) is 23.7. The summed E-state index contributed by atoms with van der Waals surface area (Å²) in [5.41, 5.74) is -1.75. The summed E-state index contributed by atoms with van der Waals surface area (Å²) in [5, 5.41) is 184. The van der Waals surface area contributed by atoms with Crippen molar-refractivity contribution in [3.63, 3.8) is 0 Å². The first kappa shape index (κ1) is 69.0. The second-order valence-corrected chi connectivity index (χ2v) is 29.2. The first-order valence-corrected chi connectivity index (χ1v) is 31.3. The summed E-state index contributed by atoms with van der Waals surface area (Å²) in [6, 6.07) is 0. The second-order valence-electron chi connectivity index (χ2n) is 29.2. The molecule has 0 aromatic carbocycles. The first-order valence-electron chi connectivity index (χ1n) is 31.3. The molecule has 0 spiro atoms. The van der Waals surface area contributed by atoms with Gasteiger partial charge in [0.25, 0.3) is 0 Å². The molecule has 5 aliphatic carbocycles. The molecule has 5 heterocycles. The van der Waals surface area contributed by atoms with Crippen LogP contribution >= 0.6 is 0 Å². The monoisotopic (exact) mass is 1270 g/mol. The lowest BCUT2D eigenvalue weighted by Crippen LogP contribution is -2.68. The van der Waals surface area contributed by atoms with Gasteiger partial charge in [0.15, 0.2) is 37.6 Å². The molecule has 0 aromatic heterocycles. The van der Waals surface area contributed by atoms with Crippen LogP contribution in [0.3, 0.4) is 0 Å². The van der Waals surface area contributed by atoms with Crippen LogP contribution in [-0.2, 0) is 52.2 Å². The smallest absolute Gasteiger partial charge is 0.335 e. The van der Waals surface area contributed by atoms with Crippen LogP contribution in [0.2, 0.25) is 0 Å². The van der Waals surface area contributed by atoms with Crippen LogP contribution in [0, 0.1) is 50.2 Å². The summed E-state index contributed by atoms with van der Waals surface area (Å²) in [5.74, 6) is -1.85. The molecule has 28 nitrogen and oxygen atoms in total. The fourth-order valence-corrected chi connectivity index (χ4v) is 18.1. The number of allylic oxidation sites excluding steroid dienone is 2. The quantitative estimate of drug-likeness (QED) is 0.0555. The van der Waals surface area contributed by atoms with Crippen molar-refractivity contribution in [2.75, 3.05) is 26.4 Å². The highest BCUT2D eigenvalue weighted by molar-refractivity contribution is 5.73. The number of hydrogen-bond acceptors (Lipinski definition) is 27. The molecular weight excluding hydrogens is 1170 g/mol.